The van der Waals surface area contributed by atoms with Crippen molar-refractivity contribution >= 4 is 17.6 Å². The van der Waals surface area contributed by atoms with Crippen LogP contribution in [0.15, 0.2) is 48.9 Å². The van der Waals surface area contributed by atoms with Crippen molar-refractivity contribution in [3.05, 3.63) is 54.5 Å². The zero-order chi connectivity index (χ0) is 16.6. The number of anilines is 1. The first kappa shape index (κ1) is 14.8. The molecule has 4 heterocycles. The molecule has 6 nitrogen and oxygen atoms in total. The fourth-order valence-corrected chi connectivity index (χ4v) is 3.67. The second-order valence-electron chi connectivity index (χ2n) is 6.56. The second kappa shape index (κ2) is 5.70. The Morgan fingerprint density at radius 2 is 2.04 bits per heavy atom. The molecule has 0 bridgehead atoms. The van der Waals surface area contributed by atoms with Gasteiger partial charge in [0.2, 0.25) is 5.91 Å². The number of rotatable bonds is 2. The molecule has 2 aromatic rings. The molecule has 4 rings (SSSR count). The van der Waals surface area contributed by atoms with Gasteiger partial charge in [0.1, 0.15) is 5.82 Å². The summed E-state index contributed by atoms with van der Waals surface area (Å²) in [6, 6.07) is 9.11. The minimum atomic E-state index is -0.160. The van der Waals surface area contributed by atoms with Crippen LogP contribution in [-0.2, 0) is 4.79 Å². The molecule has 0 saturated carbocycles. The van der Waals surface area contributed by atoms with E-state index in [-0.39, 0.29) is 17.2 Å². The van der Waals surface area contributed by atoms with Crippen molar-refractivity contribution in [2.45, 2.75) is 12.8 Å². The molecule has 2 amide bonds. The summed E-state index contributed by atoms with van der Waals surface area (Å²) in [5.41, 5.74) is 0.437. The average Bonchev–Trinajstić information content (AvgIpc) is 3.19. The third-order valence-electron chi connectivity index (χ3n) is 4.88. The van der Waals surface area contributed by atoms with Gasteiger partial charge in [0, 0.05) is 50.1 Å². The Labute approximate surface area is 140 Å². The Hall–Kier alpha value is -2.76. The molecule has 1 spiro atoms. The van der Waals surface area contributed by atoms with E-state index in [0.29, 0.717) is 37.4 Å². The lowest BCUT2D eigenvalue weighted by atomic mass is 9.86. The highest BCUT2D eigenvalue weighted by atomic mass is 16.2. The van der Waals surface area contributed by atoms with Crippen LogP contribution in [0.2, 0.25) is 0 Å². The predicted molar refractivity (Wildman–Crippen MR) is 88.4 cm³/mol. The summed E-state index contributed by atoms with van der Waals surface area (Å²) in [6.45, 7) is 1.91. The van der Waals surface area contributed by atoms with Gasteiger partial charge in [-0.1, -0.05) is 6.07 Å². The van der Waals surface area contributed by atoms with Gasteiger partial charge in [-0.3, -0.25) is 19.5 Å². The van der Waals surface area contributed by atoms with Crippen LogP contribution >= 0.6 is 0 Å². The molecule has 122 valence electrons. The quantitative estimate of drug-likeness (QED) is 0.845. The number of pyridine rings is 2. The zero-order valence-electron chi connectivity index (χ0n) is 13.3. The molecule has 0 radical (unpaired) electrons. The highest BCUT2D eigenvalue weighted by molar-refractivity contribution is 5.97. The van der Waals surface area contributed by atoms with E-state index in [1.54, 1.807) is 35.6 Å². The van der Waals surface area contributed by atoms with Crippen molar-refractivity contribution in [3.63, 3.8) is 0 Å². The van der Waals surface area contributed by atoms with Gasteiger partial charge in [0.15, 0.2) is 0 Å². The summed E-state index contributed by atoms with van der Waals surface area (Å²) in [5, 5.41) is 0. The molecule has 0 aliphatic carbocycles. The summed E-state index contributed by atoms with van der Waals surface area (Å²) in [7, 11) is 0. The first-order valence-corrected chi connectivity index (χ1v) is 8.08. The topological polar surface area (TPSA) is 66.4 Å². The van der Waals surface area contributed by atoms with E-state index < -0.39 is 0 Å². The molecule has 0 N–H and O–H groups in total. The van der Waals surface area contributed by atoms with Crippen LogP contribution in [0.1, 0.15) is 23.2 Å². The molecule has 0 unspecified atom stereocenters. The van der Waals surface area contributed by atoms with Crippen molar-refractivity contribution in [2.24, 2.45) is 5.41 Å². The van der Waals surface area contributed by atoms with Crippen molar-refractivity contribution in [2.75, 3.05) is 24.5 Å². The summed E-state index contributed by atoms with van der Waals surface area (Å²) >= 11 is 0. The van der Waals surface area contributed by atoms with E-state index in [1.807, 2.05) is 23.1 Å². The number of aromatic nitrogens is 2. The molecule has 2 fully saturated rings. The Kier molecular flexibility index (Phi) is 3.52. The van der Waals surface area contributed by atoms with Crippen LogP contribution in [0.3, 0.4) is 0 Å². The van der Waals surface area contributed by atoms with E-state index in [1.165, 1.54) is 0 Å². The molecular formula is C18H18N4O2. The summed E-state index contributed by atoms with van der Waals surface area (Å²) < 4.78 is 0. The van der Waals surface area contributed by atoms with Crippen LogP contribution in [0, 0.1) is 5.41 Å². The molecule has 2 aliphatic heterocycles. The minimum Gasteiger partial charge on any atom is -0.338 e. The van der Waals surface area contributed by atoms with Crippen molar-refractivity contribution in [1.82, 2.24) is 14.9 Å². The first-order chi connectivity index (χ1) is 11.7. The van der Waals surface area contributed by atoms with Gasteiger partial charge in [-0.05, 0) is 30.7 Å². The normalized spacial score (nSPS) is 23.2. The van der Waals surface area contributed by atoms with Crippen LogP contribution < -0.4 is 4.90 Å². The lowest BCUT2D eigenvalue weighted by Gasteiger charge is -2.23. The van der Waals surface area contributed by atoms with Crippen LogP contribution in [-0.4, -0.2) is 46.3 Å². The first-order valence-electron chi connectivity index (χ1n) is 8.08. The Morgan fingerprint density at radius 3 is 2.79 bits per heavy atom. The van der Waals surface area contributed by atoms with Gasteiger partial charge in [-0.15, -0.1) is 0 Å². The molecule has 6 heteroatoms. The fourth-order valence-electron chi connectivity index (χ4n) is 3.67. The fraction of sp³-hybridized carbons (Fsp3) is 0.333. The van der Waals surface area contributed by atoms with Gasteiger partial charge in [-0.25, -0.2) is 4.98 Å². The number of likely N-dealkylation sites (tertiary alicyclic amines) is 1. The molecule has 2 aliphatic rings. The van der Waals surface area contributed by atoms with Gasteiger partial charge >= 0.3 is 0 Å². The van der Waals surface area contributed by atoms with E-state index in [0.717, 1.165) is 6.42 Å². The van der Waals surface area contributed by atoms with E-state index in [4.69, 9.17) is 0 Å². The monoisotopic (exact) mass is 322 g/mol. The van der Waals surface area contributed by atoms with Crippen molar-refractivity contribution < 1.29 is 9.59 Å². The van der Waals surface area contributed by atoms with E-state index in [2.05, 4.69) is 9.97 Å². The Balaban J connectivity index is 1.50. The molecule has 24 heavy (non-hydrogen) atoms. The van der Waals surface area contributed by atoms with Crippen molar-refractivity contribution in [3.8, 4) is 0 Å². The number of nitrogens with zero attached hydrogens (tertiary/aromatic N) is 4. The molecule has 2 saturated heterocycles. The minimum absolute atomic E-state index is 0.0105. The number of carbonyl (C=O) groups is 2. The lowest BCUT2D eigenvalue weighted by Crippen LogP contribution is -2.34. The average molecular weight is 322 g/mol. The van der Waals surface area contributed by atoms with E-state index >= 15 is 0 Å². The third kappa shape index (κ3) is 2.54. The molecule has 1 atom stereocenters. The lowest BCUT2D eigenvalue weighted by molar-refractivity contribution is -0.117. The number of hydrogen-bond acceptors (Lipinski definition) is 4. The number of amides is 2. The SMILES string of the molecule is O=C(c1cccnc1)N1CC[C@]2(CC(=O)N(c3ccccn3)C2)C1. The van der Waals surface area contributed by atoms with Gasteiger partial charge in [-0.2, -0.15) is 0 Å². The van der Waals surface area contributed by atoms with Gasteiger partial charge in [0.25, 0.3) is 5.91 Å². The Morgan fingerprint density at radius 1 is 1.12 bits per heavy atom. The van der Waals surface area contributed by atoms with Gasteiger partial charge < -0.3 is 4.90 Å². The molecule has 2 aromatic heterocycles. The van der Waals surface area contributed by atoms with Crippen LogP contribution in [0.25, 0.3) is 0 Å². The number of carbonyl (C=O) groups excluding carboxylic acids is 2. The Bertz CT molecular complexity index is 765. The number of hydrogen-bond donors (Lipinski definition) is 0. The third-order valence-corrected chi connectivity index (χ3v) is 4.88. The maximum atomic E-state index is 12.6. The highest BCUT2D eigenvalue weighted by Crippen LogP contribution is 2.41. The van der Waals surface area contributed by atoms with Crippen LogP contribution in [0.5, 0.6) is 0 Å². The molecular weight excluding hydrogens is 304 g/mol. The predicted octanol–water partition coefficient (Wildman–Crippen LogP) is 1.75. The van der Waals surface area contributed by atoms with Gasteiger partial charge in [0.05, 0.1) is 5.56 Å². The van der Waals surface area contributed by atoms with E-state index in [9.17, 15) is 9.59 Å². The molecule has 0 aromatic carbocycles. The highest BCUT2D eigenvalue weighted by Gasteiger charge is 2.49. The summed E-state index contributed by atoms with van der Waals surface area (Å²) in [6.07, 6.45) is 6.25. The smallest absolute Gasteiger partial charge is 0.255 e. The standard InChI is InChI=1S/C18H18N4O2/c23-16-10-18(13-22(16)15-5-1-2-8-20-15)6-9-21(12-18)17(24)14-4-3-7-19-11-14/h1-5,7-8,11H,6,9-10,12-13H2/t18-/m0/s1. The maximum absolute atomic E-state index is 12.6. The largest absolute Gasteiger partial charge is 0.338 e. The maximum Gasteiger partial charge on any atom is 0.255 e. The van der Waals surface area contributed by atoms with Crippen molar-refractivity contribution in [1.29, 1.82) is 0 Å². The second-order valence-corrected chi connectivity index (χ2v) is 6.56. The van der Waals surface area contributed by atoms with Crippen LogP contribution in [0.4, 0.5) is 5.82 Å². The summed E-state index contributed by atoms with van der Waals surface area (Å²) in [5.74, 6) is 0.768. The zero-order valence-corrected chi connectivity index (χ0v) is 13.3. The summed E-state index contributed by atoms with van der Waals surface area (Å²) in [4.78, 5) is 36.9.